The molecule has 15 rings (SSSR count). The summed E-state index contributed by atoms with van der Waals surface area (Å²) >= 11 is -0.982. The molecule has 4 aliphatic heterocycles. The SMILES string of the molecule is [c-]1c2cccc1C1(c3ccccc3-c3ccccc31)N1[C]3=[Pt]=[C]4N(c5ccccc5N4C4(c5[c-]c(ccc5)O2)c2ccccc2-c2ccccc24)C2CCCC2N3c2ccccc21. The zero-order valence-electron chi connectivity index (χ0n) is 34.1. The van der Waals surface area contributed by atoms with Gasteiger partial charge in [-0.25, -0.2) is 0 Å². The van der Waals surface area contributed by atoms with Gasteiger partial charge in [-0.2, -0.15) is 0 Å². The van der Waals surface area contributed by atoms with E-state index in [9.17, 15) is 0 Å². The van der Waals surface area contributed by atoms with Crippen molar-refractivity contribution in [2.75, 3.05) is 19.6 Å². The summed E-state index contributed by atoms with van der Waals surface area (Å²) in [5, 5.41) is 0. The summed E-state index contributed by atoms with van der Waals surface area (Å²) in [5.74, 6) is 1.34. The summed E-state index contributed by atoms with van der Waals surface area (Å²) in [4.78, 5) is 11.3. The Labute approximate surface area is 374 Å². The number of nitrogens with zero attached hydrogens (tertiary/aromatic N) is 4. The van der Waals surface area contributed by atoms with E-state index in [2.05, 4.69) is 214 Å². The second-order valence-corrected chi connectivity index (χ2v) is 20.2. The second-order valence-electron chi connectivity index (χ2n) is 17.6. The Morgan fingerprint density at radius 1 is 0.413 bits per heavy atom. The Morgan fingerprint density at radius 2 is 0.778 bits per heavy atom. The predicted molar refractivity (Wildman–Crippen MR) is 248 cm³/mol. The molecule has 8 aromatic carbocycles. The predicted octanol–water partition coefficient (Wildman–Crippen LogP) is 11.5. The van der Waals surface area contributed by atoms with Crippen LogP contribution in [0.25, 0.3) is 22.3 Å². The van der Waals surface area contributed by atoms with E-state index < -0.39 is 28.7 Å². The molecular formula is C57H38N4OPt-2. The van der Waals surface area contributed by atoms with Gasteiger partial charge in [-0.05, 0) is 0 Å². The van der Waals surface area contributed by atoms with Crippen molar-refractivity contribution >= 4 is 31.0 Å². The number of fused-ring (bicyclic) bond motifs is 27. The van der Waals surface area contributed by atoms with Crippen LogP contribution in [-0.4, -0.2) is 20.4 Å². The molecule has 3 aliphatic carbocycles. The third-order valence-electron chi connectivity index (χ3n) is 14.8. The van der Waals surface area contributed by atoms with Crippen molar-refractivity contribution in [3.8, 4) is 33.8 Å². The van der Waals surface area contributed by atoms with E-state index in [0.717, 1.165) is 24.0 Å². The van der Waals surface area contributed by atoms with Crippen LogP contribution in [0.3, 0.4) is 0 Å². The summed E-state index contributed by atoms with van der Waals surface area (Å²) in [6.45, 7) is 0. The van der Waals surface area contributed by atoms with Gasteiger partial charge in [-0.1, -0.05) is 0 Å². The fourth-order valence-corrected chi connectivity index (χ4v) is 16.7. The molecule has 2 spiro atoms. The van der Waals surface area contributed by atoms with Crippen molar-refractivity contribution < 1.29 is 22.4 Å². The van der Waals surface area contributed by atoms with Gasteiger partial charge in [0.05, 0.1) is 0 Å². The number of para-hydroxylation sites is 4. The summed E-state index contributed by atoms with van der Waals surface area (Å²) in [7, 11) is 0. The van der Waals surface area contributed by atoms with Crippen LogP contribution in [0.15, 0.2) is 182 Å². The molecule has 8 aromatic rings. The summed E-state index contributed by atoms with van der Waals surface area (Å²) in [6.07, 6.45) is 3.41. The molecule has 0 amide bonds. The summed E-state index contributed by atoms with van der Waals surface area (Å²) in [6, 6.07) is 76.5. The van der Waals surface area contributed by atoms with E-state index in [-0.39, 0.29) is 12.1 Å². The second kappa shape index (κ2) is 12.4. The standard InChI is InChI=1S/C57H38N4O.Pt/c1-5-24-46-42(20-1)43-21-2-6-25-47(43)56(46)38-16-13-18-40(34-38)62-41-19-14-17-39(35-41)57(48-26-7-3-22-44(48)45-23-4-8-27-49(45)57)61-37-59(53-29-10-12-31-55(53)61)51-33-15-32-50(51)58-36-60(56)54-30-11-9-28-52(54)58;/h1-14,16-31,50-51H,15,32-33H2;/q-2;. The quantitative estimate of drug-likeness (QED) is 0.141. The first-order valence-corrected chi connectivity index (χ1v) is 24.4. The number of rotatable bonds is 0. The van der Waals surface area contributed by atoms with E-state index in [1.807, 2.05) is 0 Å². The number of hydrogen-bond donors (Lipinski definition) is 0. The Hall–Kier alpha value is -6.81. The van der Waals surface area contributed by atoms with Crippen LogP contribution in [0.5, 0.6) is 11.5 Å². The van der Waals surface area contributed by atoms with Crippen molar-refractivity contribution in [1.29, 1.82) is 0 Å². The summed E-state index contributed by atoms with van der Waals surface area (Å²) < 4.78 is 9.87. The third-order valence-corrected chi connectivity index (χ3v) is 17.9. The molecule has 2 atom stereocenters. The number of hydrogen-bond acceptors (Lipinski definition) is 5. The first-order valence-electron chi connectivity index (χ1n) is 22.1. The van der Waals surface area contributed by atoms with Gasteiger partial charge in [0, 0.05) is 0 Å². The maximum atomic E-state index is 7.06. The first kappa shape index (κ1) is 34.7. The van der Waals surface area contributed by atoms with Crippen LogP contribution in [-0.2, 0) is 28.7 Å². The monoisotopic (exact) mass is 989 g/mol. The van der Waals surface area contributed by atoms with Gasteiger partial charge >= 0.3 is 377 Å². The van der Waals surface area contributed by atoms with E-state index in [0.29, 0.717) is 11.5 Å². The maximum absolute atomic E-state index is 7.06. The molecule has 0 saturated heterocycles. The van der Waals surface area contributed by atoms with E-state index >= 15 is 0 Å². The van der Waals surface area contributed by atoms with E-state index in [4.69, 9.17) is 4.74 Å². The van der Waals surface area contributed by atoms with Crippen LogP contribution >= 0.6 is 0 Å². The molecule has 6 bridgehead atoms. The molecule has 6 heteroatoms. The van der Waals surface area contributed by atoms with Crippen LogP contribution in [0.4, 0.5) is 22.7 Å². The van der Waals surface area contributed by atoms with Crippen molar-refractivity contribution in [1.82, 2.24) is 0 Å². The van der Waals surface area contributed by atoms with Gasteiger partial charge in [-0.15, -0.1) is 0 Å². The Morgan fingerprint density at radius 3 is 1.19 bits per heavy atom. The van der Waals surface area contributed by atoms with Crippen LogP contribution < -0.4 is 24.3 Å². The molecule has 0 N–H and O–H groups in total. The van der Waals surface area contributed by atoms with Gasteiger partial charge in [0.25, 0.3) is 0 Å². The van der Waals surface area contributed by atoms with Crippen LogP contribution in [0.1, 0.15) is 52.6 Å². The van der Waals surface area contributed by atoms with Crippen molar-refractivity contribution in [2.24, 2.45) is 0 Å². The molecule has 2 unspecified atom stereocenters. The van der Waals surface area contributed by atoms with Gasteiger partial charge in [0.1, 0.15) is 0 Å². The van der Waals surface area contributed by atoms with Crippen molar-refractivity contribution in [3.63, 3.8) is 0 Å². The topological polar surface area (TPSA) is 22.2 Å². The van der Waals surface area contributed by atoms with Gasteiger partial charge in [0.2, 0.25) is 0 Å². The molecule has 1 fully saturated rings. The average Bonchev–Trinajstić information content (AvgIpc) is 4.12. The molecule has 7 aliphatic rings. The van der Waals surface area contributed by atoms with Gasteiger partial charge in [0.15, 0.2) is 0 Å². The Kier molecular flexibility index (Phi) is 6.85. The molecule has 0 aromatic heterocycles. The molecule has 0 radical (unpaired) electrons. The van der Waals surface area contributed by atoms with E-state index in [1.165, 1.54) is 82.0 Å². The molecular weight excluding hydrogens is 952 g/mol. The minimum atomic E-state index is -0.982. The van der Waals surface area contributed by atoms with Gasteiger partial charge in [-0.3, -0.25) is 0 Å². The molecule has 304 valence electrons. The van der Waals surface area contributed by atoms with Gasteiger partial charge < -0.3 is 0 Å². The molecule has 1 saturated carbocycles. The van der Waals surface area contributed by atoms with Crippen LogP contribution in [0, 0.1) is 12.1 Å². The Bertz CT molecular complexity index is 3080. The minimum absolute atomic E-state index is 0.268. The van der Waals surface area contributed by atoms with Crippen molar-refractivity contribution in [2.45, 2.75) is 42.4 Å². The number of anilines is 4. The van der Waals surface area contributed by atoms with E-state index in [1.54, 1.807) is 0 Å². The summed E-state index contributed by atoms with van der Waals surface area (Å²) in [5.41, 5.74) is 15.8. The third kappa shape index (κ3) is 4.18. The molecule has 4 heterocycles. The molecule has 5 nitrogen and oxygen atoms in total. The Balaban J connectivity index is 1.17. The zero-order chi connectivity index (χ0) is 41.0. The fourth-order valence-electron chi connectivity index (χ4n) is 12.5. The zero-order valence-corrected chi connectivity index (χ0v) is 36.4. The normalized spacial score (nSPS) is 20.4. The fraction of sp³-hybridized carbons (Fsp3) is 0.123. The first-order chi connectivity index (χ1) is 31.3. The van der Waals surface area contributed by atoms with Crippen LogP contribution in [0.2, 0.25) is 0 Å². The average molecular weight is 990 g/mol. The number of ether oxygens (including phenoxy) is 1. The van der Waals surface area contributed by atoms with Crippen molar-refractivity contribution in [3.05, 3.63) is 228 Å². The number of benzene rings is 8. The molecule has 63 heavy (non-hydrogen) atoms.